The summed E-state index contributed by atoms with van der Waals surface area (Å²) in [7, 11) is 0. The molecule has 1 amide bonds. The lowest BCUT2D eigenvalue weighted by molar-refractivity contribution is -0.142. The summed E-state index contributed by atoms with van der Waals surface area (Å²) in [5.74, 6) is -2.90. The number of hydrogen-bond acceptors (Lipinski definition) is 6. The van der Waals surface area contributed by atoms with Crippen LogP contribution in [-0.4, -0.2) is 40.0 Å². The number of nitrogens with zero attached hydrogens (tertiary/aromatic N) is 3. The molecule has 0 saturated carbocycles. The Morgan fingerprint density at radius 1 is 1.17 bits per heavy atom. The van der Waals surface area contributed by atoms with Crippen molar-refractivity contribution in [1.29, 1.82) is 0 Å². The highest BCUT2D eigenvalue weighted by Crippen LogP contribution is 2.39. The zero-order valence-electron chi connectivity index (χ0n) is 18.1. The van der Waals surface area contributed by atoms with E-state index in [2.05, 4.69) is 15.3 Å². The Kier molecular flexibility index (Phi) is 7.39. The van der Waals surface area contributed by atoms with Crippen molar-refractivity contribution < 1.29 is 32.3 Å². The first-order chi connectivity index (χ1) is 16.9. The number of piperidine rings is 1. The van der Waals surface area contributed by atoms with E-state index in [0.29, 0.717) is 43.9 Å². The van der Waals surface area contributed by atoms with Crippen LogP contribution in [0.15, 0.2) is 30.5 Å². The van der Waals surface area contributed by atoms with Crippen LogP contribution in [0.2, 0.25) is 9.36 Å². The van der Waals surface area contributed by atoms with Crippen LogP contribution in [0.3, 0.4) is 0 Å². The number of hydrogen-bond donors (Lipinski definition) is 2. The fraction of sp³-hybridized carbons (Fsp3) is 0.273. The van der Waals surface area contributed by atoms with Gasteiger partial charge in [0.05, 0.1) is 22.1 Å². The number of aromatic nitrogens is 2. The summed E-state index contributed by atoms with van der Waals surface area (Å²) in [6.07, 6.45) is -2.71. The van der Waals surface area contributed by atoms with Gasteiger partial charge in [0, 0.05) is 24.8 Å². The van der Waals surface area contributed by atoms with Gasteiger partial charge in [-0.3, -0.25) is 14.9 Å². The number of pyridine rings is 1. The number of aliphatic carboxylic acids is 1. The zero-order valence-corrected chi connectivity index (χ0v) is 20.4. The number of thiazole rings is 1. The molecule has 3 heterocycles. The number of amides is 1. The minimum Gasteiger partial charge on any atom is -0.481 e. The maximum atomic E-state index is 13.6. The number of anilines is 2. The number of rotatable bonds is 5. The number of carbonyl (C=O) groups excluding carboxylic acids is 1. The minimum atomic E-state index is -4.90. The maximum absolute atomic E-state index is 13.6. The van der Waals surface area contributed by atoms with Crippen LogP contribution in [0.1, 0.15) is 28.8 Å². The smallest absolute Gasteiger partial charge is 0.419 e. The number of alkyl halides is 3. The van der Waals surface area contributed by atoms with Crippen molar-refractivity contribution in [2.45, 2.75) is 19.0 Å². The van der Waals surface area contributed by atoms with Gasteiger partial charge in [0.2, 0.25) is 0 Å². The van der Waals surface area contributed by atoms with E-state index in [1.54, 1.807) is 0 Å². The van der Waals surface area contributed by atoms with E-state index >= 15 is 0 Å². The third-order valence-electron chi connectivity index (χ3n) is 5.58. The van der Waals surface area contributed by atoms with Gasteiger partial charge in [-0.25, -0.2) is 14.4 Å². The molecule has 0 aliphatic carbocycles. The monoisotopic (exact) mass is 562 g/mol. The second-order valence-electron chi connectivity index (χ2n) is 7.92. The minimum absolute atomic E-state index is 0.00121. The molecule has 1 aromatic carbocycles. The number of carboxylic acid groups (broad SMARTS) is 1. The van der Waals surface area contributed by atoms with Crippen molar-refractivity contribution in [2.24, 2.45) is 5.92 Å². The van der Waals surface area contributed by atoms with Gasteiger partial charge in [-0.05, 0) is 37.1 Å². The molecule has 0 radical (unpaired) electrons. The largest absolute Gasteiger partial charge is 0.481 e. The molecular weight excluding hydrogens is 547 g/mol. The van der Waals surface area contributed by atoms with E-state index in [1.807, 2.05) is 4.90 Å². The number of carboxylic acids is 1. The Hall–Kier alpha value is -2.96. The molecular formula is C22H16Cl2F4N4O3S. The Morgan fingerprint density at radius 2 is 1.86 bits per heavy atom. The Balaban J connectivity index is 1.49. The van der Waals surface area contributed by atoms with Crippen molar-refractivity contribution in [3.05, 3.63) is 56.8 Å². The lowest BCUT2D eigenvalue weighted by Crippen LogP contribution is -2.37. The van der Waals surface area contributed by atoms with E-state index in [-0.39, 0.29) is 31.3 Å². The quantitative estimate of drug-likeness (QED) is 0.358. The lowest BCUT2D eigenvalue weighted by atomic mass is 9.97. The van der Waals surface area contributed by atoms with Crippen LogP contribution in [0.25, 0.3) is 11.3 Å². The zero-order chi connectivity index (χ0) is 26.2. The van der Waals surface area contributed by atoms with Crippen LogP contribution in [0, 0.1) is 11.7 Å². The SMILES string of the molecule is O=C(Nc1nc(-c2ccc(F)c(C(F)(F)F)c2)c(Cl)s1)c1cnc(N2CCC(C(=O)O)CC2)c(Cl)c1. The van der Waals surface area contributed by atoms with Crippen molar-refractivity contribution in [3.63, 3.8) is 0 Å². The predicted octanol–water partition coefficient (Wildman–Crippen LogP) is 6.22. The summed E-state index contributed by atoms with van der Waals surface area (Å²) < 4.78 is 52.7. The highest BCUT2D eigenvalue weighted by atomic mass is 35.5. The van der Waals surface area contributed by atoms with E-state index < -0.39 is 35.4 Å². The lowest BCUT2D eigenvalue weighted by Gasteiger charge is -2.31. The Bertz CT molecular complexity index is 1330. The molecule has 3 aromatic rings. The van der Waals surface area contributed by atoms with Gasteiger partial charge in [-0.15, -0.1) is 0 Å². The molecule has 36 heavy (non-hydrogen) atoms. The number of nitrogens with one attached hydrogen (secondary N) is 1. The Morgan fingerprint density at radius 3 is 2.47 bits per heavy atom. The molecule has 2 aromatic heterocycles. The van der Waals surface area contributed by atoms with Crippen LogP contribution < -0.4 is 10.2 Å². The van der Waals surface area contributed by atoms with E-state index in [9.17, 15) is 27.2 Å². The maximum Gasteiger partial charge on any atom is 0.419 e. The topological polar surface area (TPSA) is 95.4 Å². The number of benzene rings is 1. The molecule has 1 aliphatic heterocycles. The fourth-order valence-electron chi connectivity index (χ4n) is 3.72. The fourth-order valence-corrected chi connectivity index (χ4v) is 5.08. The van der Waals surface area contributed by atoms with E-state index in [0.717, 1.165) is 17.4 Å². The van der Waals surface area contributed by atoms with Crippen LogP contribution in [0.4, 0.5) is 28.5 Å². The normalized spacial score (nSPS) is 14.7. The van der Waals surface area contributed by atoms with Gasteiger partial charge in [-0.2, -0.15) is 13.2 Å². The molecule has 0 unspecified atom stereocenters. The molecule has 1 fully saturated rings. The van der Waals surface area contributed by atoms with Gasteiger partial charge in [0.15, 0.2) is 5.13 Å². The first-order valence-electron chi connectivity index (χ1n) is 10.4. The average molecular weight is 563 g/mol. The van der Waals surface area contributed by atoms with Crippen molar-refractivity contribution in [1.82, 2.24) is 9.97 Å². The number of carbonyl (C=O) groups is 2. The second-order valence-corrected chi connectivity index (χ2v) is 9.93. The average Bonchev–Trinajstić information content (AvgIpc) is 3.18. The van der Waals surface area contributed by atoms with Gasteiger partial charge in [-0.1, -0.05) is 34.5 Å². The van der Waals surface area contributed by atoms with Gasteiger partial charge < -0.3 is 10.0 Å². The molecule has 4 rings (SSSR count). The third-order valence-corrected chi connectivity index (χ3v) is 7.03. The molecule has 1 saturated heterocycles. The van der Waals surface area contributed by atoms with Crippen molar-refractivity contribution >= 4 is 57.4 Å². The molecule has 7 nitrogen and oxygen atoms in total. The molecule has 0 atom stereocenters. The van der Waals surface area contributed by atoms with Gasteiger partial charge in [0.25, 0.3) is 5.91 Å². The highest BCUT2D eigenvalue weighted by Gasteiger charge is 2.34. The summed E-state index contributed by atoms with van der Waals surface area (Å²) in [4.78, 5) is 34.0. The molecule has 0 spiro atoms. The van der Waals surface area contributed by atoms with Gasteiger partial charge in [0.1, 0.15) is 21.7 Å². The molecule has 2 N–H and O–H groups in total. The van der Waals surface area contributed by atoms with Crippen LogP contribution in [-0.2, 0) is 11.0 Å². The van der Waals surface area contributed by atoms with E-state index in [4.69, 9.17) is 28.3 Å². The summed E-state index contributed by atoms with van der Waals surface area (Å²) >= 11 is 13.3. The Labute approximate surface area is 215 Å². The first kappa shape index (κ1) is 26.1. The van der Waals surface area contributed by atoms with Crippen LogP contribution in [0.5, 0.6) is 0 Å². The second kappa shape index (κ2) is 10.2. The highest BCUT2D eigenvalue weighted by molar-refractivity contribution is 7.20. The predicted molar refractivity (Wildman–Crippen MR) is 127 cm³/mol. The number of halogens is 6. The first-order valence-corrected chi connectivity index (χ1v) is 12.0. The van der Waals surface area contributed by atoms with E-state index in [1.165, 1.54) is 12.3 Å². The molecule has 14 heteroatoms. The van der Waals surface area contributed by atoms with Crippen LogP contribution >= 0.6 is 34.5 Å². The molecule has 190 valence electrons. The van der Waals surface area contributed by atoms with Crippen molar-refractivity contribution in [3.8, 4) is 11.3 Å². The standard InChI is InChI=1S/C22H16Cl2F4N4O3S/c23-14-8-12(9-29-18(14)32-5-3-10(4-6-32)20(34)35)19(33)31-21-30-16(17(24)36-21)11-1-2-15(25)13(7-11)22(26,27)28/h1-2,7-10H,3-6H2,(H,34,35)(H,30,31,33). The molecule has 1 aliphatic rings. The summed E-state index contributed by atoms with van der Waals surface area (Å²) in [5, 5.41) is 11.8. The van der Waals surface area contributed by atoms with Crippen molar-refractivity contribution in [2.75, 3.05) is 23.3 Å². The van der Waals surface area contributed by atoms with Gasteiger partial charge >= 0.3 is 12.1 Å². The summed E-state index contributed by atoms with van der Waals surface area (Å²) in [6.45, 7) is 0.907. The summed E-state index contributed by atoms with van der Waals surface area (Å²) in [6, 6.07) is 3.78. The summed E-state index contributed by atoms with van der Waals surface area (Å²) in [5.41, 5.74) is -1.47. The third kappa shape index (κ3) is 5.55. The molecule has 0 bridgehead atoms.